The van der Waals surface area contributed by atoms with Crippen LogP contribution in [0.25, 0.3) is 0 Å². The minimum absolute atomic E-state index is 0.0448. The van der Waals surface area contributed by atoms with Gasteiger partial charge in [0, 0.05) is 38.9 Å². The molecule has 0 aliphatic carbocycles. The lowest BCUT2D eigenvalue weighted by Crippen LogP contribution is -2.49. The maximum absolute atomic E-state index is 12.5. The van der Waals surface area contributed by atoms with Crippen molar-refractivity contribution in [1.82, 2.24) is 20.1 Å². The second-order valence-corrected chi connectivity index (χ2v) is 7.28. The van der Waals surface area contributed by atoms with Crippen molar-refractivity contribution in [3.63, 3.8) is 0 Å². The molecule has 4 rings (SSSR count). The third-order valence-electron chi connectivity index (χ3n) is 5.22. The van der Waals surface area contributed by atoms with Crippen molar-refractivity contribution in [3.8, 4) is 11.5 Å². The minimum Gasteiger partial charge on any atom is -0.454 e. The fourth-order valence-corrected chi connectivity index (χ4v) is 3.58. The van der Waals surface area contributed by atoms with Crippen LogP contribution < -0.4 is 14.8 Å². The topological polar surface area (TPSA) is 66.9 Å². The fourth-order valence-electron chi connectivity index (χ4n) is 3.58. The number of aromatic nitrogens is 1. The van der Waals surface area contributed by atoms with Gasteiger partial charge in [-0.1, -0.05) is 12.1 Å². The molecule has 28 heavy (non-hydrogen) atoms. The molecular formula is C21H26N4O3. The number of pyridine rings is 1. The van der Waals surface area contributed by atoms with E-state index in [1.54, 1.807) is 0 Å². The van der Waals surface area contributed by atoms with E-state index in [1.165, 1.54) is 0 Å². The molecule has 1 aromatic carbocycles. The molecule has 0 saturated carbocycles. The molecule has 0 spiro atoms. The van der Waals surface area contributed by atoms with Crippen LogP contribution in [0.15, 0.2) is 42.6 Å². The molecule has 2 aliphatic rings. The molecule has 1 amide bonds. The van der Waals surface area contributed by atoms with Crippen molar-refractivity contribution in [1.29, 1.82) is 0 Å². The van der Waals surface area contributed by atoms with Gasteiger partial charge in [0.1, 0.15) is 0 Å². The van der Waals surface area contributed by atoms with Crippen molar-refractivity contribution in [2.45, 2.75) is 19.5 Å². The van der Waals surface area contributed by atoms with Crippen molar-refractivity contribution < 1.29 is 14.3 Å². The highest BCUT2D eigenvalue weighted by molar-refractivity contribution is 5.78. The highest BCUT2D eigenvalue weighted by Crippen LogP contribution is 2.34. The largest absolute Gasteiger partial charge is 0.454 e. The normalized spacial score (nSPS) is 18.0. The molecule has 7 nitrogen and oxygen atoms in total. The zero-order valence-electron chi connectivity index (χ0n) is 16.1. The van der Waals surface area contributed by atoms with E-state index in [2.05, 4.69) is 26.2 Å². The maximum atomic E-state index is 12.5. The molecule has 7 heteroatoms. The molecule has 1 N–H and O–H groups in total. The lowest BCUT2D eigenvalue weighted by atomic mass is 10.1. The zero-order valence-corrected chi connectivity index (χ0v) is 16.1. The molecule has 3 heterocycles. The highest BCUT2D eigenvalue weighted by atomic mass is 16.7. The summed E-state index contributed by atoms with van der Waals surface area (Å²) in [5.41, 5.74) is 2.10. The van der Waals surface area contributed by atoms with Crippen LogP contribution in [0, 0.1) is 0 Å². The molecule has 1 fully saturated rings. The molecule has 2 aromatic rings. The highest BCUT2D eigenvalue weighted by Gasteiger charge is 2.21. The fraction of sp³-hybridized carbons (Fsp3) is 0.429. The molecular weight excluding hydrogens is 356 g/mol. The molecule has 1 aromatic heterocycles. The number of nitrogens with one attached hydrogen (secondary N) is 1. The van der Waals surface area contributed by atoms with Crippen LogP contribution >= 0.6 is 0 Å². The van der Waals surface area contributed by atoms with Gasteiger partial charge in [0.15, 0.2) is 11.5 Å². The summed E-state index contributed by atoms with van der Waals surface area (Å²) in [6.45, 7) is 7.20. The second kappa shape index (κ2) is 8.58. The molecule has 1 unspecified atom stereocenters. The monoisotopic (exact) mass is 382 g/mol. The summed E-state index contributed by atoms with van der Waals surface area (Å²) >= 11 is 0. The number of ether oxygens (including phenoxy) is 2. The van der Waals surface area contributed by atoms with E-state index in [-0.39, 0.29) is 18.7 Å². The first-order valence-electron chi connectivity index (χ1n) is 9.71. The summed E-state index contributed by atoms with van der Waals surface area (Å²) in [6.07, 6.45) is 1.83. The van der Waals surface area contributed by atoms with E-state index < -0.39 is 0 Å². The summed E-state index contributed by atoms with van der Waals surface area (Å²) < 4.78 is 10.8. The smallest absolute Gasteiger partial charge is 0.234 e. The summed E-state index contributed by atoms with van der Waals surface area (Å²) in [7, 11) is 0. The van der Waals surface area contributed by atoms with Gasteiger partial charge in [-0.15, -0.1) is 0 Å². The Morgan fingerprint density at radius 2 is 1.89 bits per heavy atom. The van der Waals surface area contributed by atoms with Crippen LogP contribution in [-0.2, 0) is 11.3 Å². The molecule has 1 atom stereocenters. The number of benzene rings is 1. The zero-order chi connectivity index (χ0) is 19.3. The molecule has 0 bridgehead atoms. The number of hydrogen-bond donors (Lipinski definition) is 1. The number of rotatable bonds is 6. The Balaban J connectivity index is 1.22. The van der Waals surface area contributed by atoms with Crippen LogP contribution in [0.5, 0.6) is 11.5 Å². The number of hydrogen-bond acceptors (Lipinski definition) is 6. The Hall–Kier alpha value is -2.64. The molecule has 148 valence electrons. The Labute approximate surface area is 165 Å². The maximum Gasteiger partial charge on any atom is 0.234 e. The van der Waals surface area contributed by atoms with Crippen molar-refractivity contribution in [2.24, 2.45) is 0 Å². The molecule has 2 aliphatic heterocycles. The lowest BCUT2D eigenvalue weighted by Gasteiger charge is -2.34. The van der Waals surface area contributed by atoms with Crippen LogP contribution in [0.3, 0.4) is 0 Å². The number of piperazine rings is 1. The quantitative estimate of drug-likeness (QED) is 0.822. The van der Waals surface area contributed by atoms with Gasteiger partial charge < -0.3 is 14.8 Å². The third kappa shape index (κ3) is 4.61. The van der Waals surface area contributed by atoms with Gasteiger partial charge >= 0.3 is 0 Å². The first-order chi connectivity index (χ1) is 13.7. The van der Waals surface area contributed by atoms with Gasteiger partial charge in [-0.05, 0) is 36.8 Å². The third-order valence-corrected chi connectivity index (χ3v) is 5.22. The Kier molecular flexibility index (Phi) is 5.73. The van der Waals surface area contributed by atoms with E-state index in [0.29, 0.717) is 6.54 Å². The summed E-state index contributed by atoms with van der Waals surface area (Å²) in [6, 6.07) is 11.7. The molecule has 0 radical (unpaired) electrons. The second-order valence-electron chi connectivity index (χ2n) is 7.28. The summed E-state index contributed by atoms with van der Waals surface area (Å²) in [5, 5.41) is 3.09. The van der Waals surface area contributed by atoms with Crippen LogP contribution in [0.1, 0.15) is 24.2 Å². The standard InChI is InChI=1S/C21H26N4O3/c1-16(17-5-6-19-20(12-17)28-15-27-19)23-21(26)14-25-10-8-24(9-11-25)13-18-4-2-3-7-22-18/h2-7,12,16H,8-11,13-15H2,1H3,(H,23,26). The van der Waals surface area contributed by atoms with Crippen molar-refractivity contribution in [3.05, 3.63) is 53.9 Å². The first-order valence-corrected chi connectivity index (χ1v) is 9.71. The number of nitrogens with zero attached hydrogens (tertiary/aromatic N) is 3. The van der Waals surface area contributed by atoms with Gasteiger partial charge in [-0.2, -0.15) is 0 Å². The van der Waals surface area contributed by atoms with E-state index >= 15 is 0 Å². The SMILES string of the molecule is CC(NC(=O)CN1CCN(Cc2ccccn2)CC1)c1ccc2c(c1)OCO2. The van der Waals surface area contributed by atoms with Gasteiger partial charge in [-0.25, -0.2) is 0 Å². The summed E-state index contributed by atoms with van der Waals surface area (Å²) in [5.74, 6) is 1.54. The Bertz CT molecular complexity index is 807. The number of amides is 1. The van der Waals surface area contributed by atoms with Gasteiger partial charge in [-0.3, -0.25) is 19.6 Å². The number of carbonyl (C=O) groups is 1. The van der Waals surface area contributed by atoms with E-state index in [1.807, 2.05) is 43.5 Å². The van der Waals surface area contributed by atoms with Crippen molar-refractivity contribution >= 4 is 5.91 Å². The lowest BCUT2D eigenvalue weighted by molar-refractivity contribution is -0.123. The number of fused-ring (bicyclic) bond motifs is 1. The van der Waals surface area contributed by atoms with Crippen molar-refractivity contribution in [2.75, 3.05) is 39.5 Å². The van der Waals surface area contributed by atoms with Gasteiger partial charge in [0.05, 0.1) is 18.3 Å². The average molecular weight is 382 g/mol. The predicted molar refractivity (Wildman–Crippen MR) is 105 cm³/mol. The van der Waals surface area contributed by atoms with Gasteiger partial charge in [0.2, 0.25) is 12.7 Å². The Morgan fingerprint density at radius 1 is 1.11 bits per heavy atom. The van der Waals surface area contributed by atoms with Gasteiger partial charge in [0.25, 0.3) is 0 Å². The van der Waals surface area contributed by atoms with Crippen LogP contribution in [0.4, 0.5) is 0 Å². The summed E-state index contributed by atoms with van der Waals surface area (Å²) in [4.78, 5) is 21.4. The number of carbonyl (C=O) groups excluding carboxylic acids is 1. The molecule has 1 saturated heterocycles. The van der Waals surface area contributed by atoms with E-state index in [9.17, 15) is 4.79 Å². The van der Waals surface area contributed by atoms with E-state index in [4.69, 9.17) is 9.47 Å². The minimum atomic E-state index is -0.0764. The first kappa shape index (κ1) is 18.7. The predicted octanol–water partition coefficient (Wildman–Crippen LogP) is 1.81. The van der Waals surface area contributed by atoms with Crippen LogP contribution in [0.2, 0.25) is 0 Å². The Morgan fingerprint density at radius 3 is 2.68 bits per heavy atom. The van der Waals surface area contributed by atoms with E-state index in [0.717, 1.165) is 55.5 Å². The average Bonchev–Trinajstić information content (AvgIpc) is 3.18. The van der Waals surface area contributed by atoms with Crippen LogP contribution in [-0.4, -0.2) is 60.2 Å².